The molecule has 3 heteroatoms. The van der Waals surface area contributed by atoms with Crippen molar-refractivity contribution in [2.45, 2.75) is 50.9 Å². The number of halogens is 3. The van der Waals surface area contributed by atoms with E-state index in [4.69, 9.17) is 11.6 Å². The Morgan fingerprint density at radius 2 is 1.89 bits per heavy atom. The molecule has 0 N–H and O–H groups in total. The third-order valence-corrected chi connectivity index (χ3v) is 6.77. The molecule has 0 radical (unpaired) electrons. The van der Waals surface area contributed by atoms with Crippen LogP contribution in [0.5, 0.6) is 0 Å². The van der Waals surface area contributed by atoms with E-state index in [1.807, 2.05) is 6.08 Å². The molecule has 4 rings (SSSR count). The molecule has 2 aliphatic rings. The molecule has 1 fully saturated rings. The van der Waals surface area contributed by atoms with Crippen molar-refractivity contribution in [3.63, 3.8) is 0 Å². The highest BCUT2D eigenvalue weighted by molar-refractivity contribution is 6.30. The van der Waals surface area contributed by atoms with E-state index < -0.39 is 5.82 Å². The topological polar surface area (TPSA) is 0 Å². The molecule has 0 aliphatic heterocycles. The maximum Gasteiger partial charge on any atom is 0.137 e. The zero-order valence-electron chi connectivity index (χ0n) is 15.5. The first-order valence-corrected chi connectivity index (χ1v) is 10.3. The van der Waals surface area contributed by atoms with Gasteiger partial charge in [0.05, 0.1) is 5.56 Å². The monoisotopic (exact) mass is 386 g/mol. The first-order chi connectivity index (χ1) is 13.1. The molecule has 2 aromatic rings. The molecule has 2 aromatic carbocycles. The fourth-order valence-corrected chi connectivity index (χ4v) is 5.31. The minimum Gasteiger partial charge on any atom is -0.206 e. The molecule has 0 nitrogen and oxygen atoms in total. The summed E-state index contributed by atoms with van der Waals surface area (Å²) in [7, 11) is 0. The molecule has 142 valence electrons. The van der Waals surface area contributed by atoms with Crippen molar-refractivity contribution in [2.75, 3.05) is 0 Å². The Bertz CT molecular complexity index is 840. The van der Waals surface area contributed by atoms with E-state index >= 15 is 4.39 Å². The minimum absolute atomic E-state index is 0.0866. The van der Waals surface area contributed by atoms with Crippen LogP contribution in [-0.4, -0.2) is 0 Å². The smallest absolute Gasteiger partial charge is 0.137 e. The van der Waals surface area contributed by atoms with Crippen LogP contribution in [0.4, 0.5) is 8.78 Å². The van der Waals surface area contributed by atoms with Crippen LogP contribution in [-0.2, 0) is 6.42 Å². The summed E-state index contributed by atoms with van der Waals surface area (Å²) in [5.74, 6) is 0.759. The fraction of sp³-hybridized carbons (Fsp3) is 0.417. The SMILES string of the molecule is C=CCC[C@@H]1CC[C@@H]2c3cc(F)c(-c4ccc(Cl)cc4)c(F)c3CC[C@@H]2C1. The van der Waals surface area contributed by atoms with Gasteiger partial charge >= 0.3 is 0 Å². The second-order valence-corrected chi connectivity index (χ2v) is 8.51. The van der Waals surface area contributed by atoms with E-state index in [1.165, 1.54) is 12.8 Å². The molecule has 27 heavy (non-hydrogen) atoms. The maximum absolute atomic E-state index is 15.3. The summed E-state index contributed by atoms with van der Waals surface area (Å²) >= 11 is 5.92. The van der Waals surface area contributed by atoms with Crippen molar-refractivity contribution >= 4 is 11.6 Å². The number of rotatable bonds is 4. The summed E-state index contributed by atoms with van der Waals surface area (Å²) < 4.78 is 30.3. The van der Waals surface area contributed by atoms with E-state index in [1.54, 1.807) is 30.3 Å². The molecule has 0 bridgehead atoms. The van der Waals surface area contributed by atoms with Gasteiger partial charge in [-0.2, -0.15) is 0 Å². The summed E-state index contributed by atoms with van der Waals surface area (Å²) in [6, 6.07) is 8.34. The zero-order valence-corrected chi connectivity index (χ0v) is 16.2. The lowest BCUT2D eigenvalue weighted by atomic mass is 9.64. The molecule has 0 saturated heterocycles. The van der Waals surface area contributed by atoms with Gasteiger partial charge in [-0.1, -0.05) is 29.8 Å². The summed E-state index contributed by atoms with van der Waals surface area (Å²) in [5.41, 5.74) is 2.28. The Morgan fingerprint density at radius 1 is 1.11 bits per heavy atom. The highest BCUT2D eigenvalue weighted by Gasteiger charge is 2.37. The Labute approximate surface area is 165 Å². The fourth-order valence-electron chi connectivity index (χ4n) is 5.18. The van der Waals surface area contributed by atoms with E-state index in [2.05, 4.69) is 6.58 Å². The van der Waals surface area contributed by atoms with Gasteiger partial charge in [-0.3, -0.25) is 0 Å². The van der Waals surface area contributed by atoms with Crippen LogP contribution in [0.2, 0.25) is 5.02 Å². The van der Waals surface area contributed by atoms with E-state index in [0.717, 1.165) is 42.7 Å². The van der Waals surface area contributed by atoms with Gasteiger partial charge in [0, 0.05) is 5.02 Å². The predicted octanol–water partition coefficient (Wildman–Crippen LogP) is 7.70. The van der Waals surface area contributed by atoms with Gasteiger partial charge in [0.2, 0.25) is 0 Å². The number of hydrogen-bond donors (Lipinski definition) is 0. The Kier molecular flexibility index (Phi) is 5.36. The quantitative estimate of drug-likeness (QED) is 0.472. The largest absolute Gasteiger partial charge is 0.206 e. The summed E-state index contributed by atoms with van der Waals surface area (Å²) in [6.45, 7) is 3.82. The second-order valence-electron chi connectivity index (χ2n) is 8.07. The number of allylic oxidation sites excluding steroid dienone is 1. The van der Waals surface area contributed by atoms with Gasteiger partial charge in [-0.25, -0.2) is 8.78 Å². The molecular formula is C24H25ClF2. The third-order valence-electron chi connectivity index (χ3n) is 6.52. The predicted molar refractivity (Wildman–Crippen MR) is 108 cm³/mol. The van der Waals surface area contributed by atoms with Crippen LogP contribution in [0.15, 0.2) is 43.0 Å². The highest BCUT2D eigenvalue weighted by Crippen LogP contribution is 2.49. The van der Waals surface area contributed by atoms with Gasteiger partial charge in [0.1, 0.15) is 11.6 Å². The molecule has 0 spiro atoms. The molecule has 3 atom stereocenters. The molecule has 1 saturated carbocycles. The van der Waals surface area contributed by atoms with Crippen LogP contribution >= 0.6 is 11.6 Å². The van der Waals surface area contributed by atoms with E-state index in [9.17, 15) is 4.39 Å². The van der Waals surface area contributed by atoms with E-state index in [-0.39, 0.29) is 11.4 Å². The minimum atomic E-state index is -0.456. The van der Waals surface area contributed by atoms with Gasteiger partial charge in [0.15, 0.2) is 0 Å². The van der Waals surface area contributed by atoms with Crippen molar-refractivity contribution in [3.8, 4) is 11.1 Å². The van der Waals surface area contributed by atoms with Crippen molar-refractivity contribution in [1.82, 2.24) is 0 Å². The maximum atomic E-state index is 15.3. The Hall–Kier alpha value is -1.67. The van der Waals surface area contributed by atoms with Crippen LogP contribution in [0.25, 0.3) is 11.1 Å². The van der Waals surface area contributed by atoms with Crippen LogP contribution in [0.1, 0.15) is 55.6 Å². The molecular weight excluding hydrogens is 362 g/mol. The average Bonchev–Trinajstić information content (AvgIpc) is 2.67. The Morgan fingerprint density at radius 3 is 2.63 bits per heavy atom. The third kappa shape index (κ3) is 3.57. The number of fused-ring (bicyclic) bond motifs is 3. The number of benzene rings is 2. The second kappa shape index (κ2) is 7.75. The molecule has 0 unspecified atom stereocenters. The molecule has 2 aliphatic carbocycles. The lowest BCUT2D eigenvalue weighted by Crippen LogP contribution is -2.29. The van der Waals surface area contributed by atoms with Gasteiger partial charge in [0.25, 0.3) is 0 Å². The van der Waals surface area contributed by atoms with Crippen LogP contribution < -0.4 is 0 Å². The van der Waals surface area contributed by atoms with Gasteiger partial charge < -0.3 is 0 Å². The van der Waals surface area contributed by atoms with E-state index in [0.29, 0.717) is 28.8 Å². The Balaban J connectivity index is 1.65. The standard InChI is InChI=1S/C24H25ClF2/c1-2-3-4-15-5-11-19-17(13-15)8-12-20-21(19)14-22(26)23(24(20)27)16-6-9-18(25)10-7-16/h2,6-7,9-10,14-15,17,19H,1,3-5,8,11-13H2/t15-,17-,19+/m1/s1. The first kappa shape index (κ1) is 18.7. The van der Waals surface area contributed by atoms with Crippen LogP contribution in [0, 0.1) is 23.5 Å². The summed E-state index contributed by atoms with van der Waals surface area (Å²) in [6.07, 6.45) is 9.33. The lowest BCUT2D eigenvalue weighted by molar-refractivity contribution is 0.201. The van der Waals surface area contributed by atoms with Crippen molar-refractivity contribution < 1.29 is 8.78 Å². The highest BCUT2D eigenvalue weighted by atomic mass is 35.5. The van der Waals surface area contributed by atoms with Crippen molar-refractivity contribution in [3.05, 3.63) is 70.8 Å². The molecule has 0 aromatic heterocycles. The zero-order chi connectivity index (χ0) is 19.0. The van der Waals surface area contributed by atoms with Crippen LogP contribution in [0.3, 0.4) is 0 Å². The molecule has 0 heterocycles. The lowest BCUT2D eigenvalue weighted by Gasteiger charge is -2.41. The van der Waals surface area contributed by atoms with Crippen molar-refractivity contribution in [2.24, 2.45) is 11.8 Å². The first-order valence-electron chi connectivity index (χ1n) is 9.96. The molecule has 0 amide bonds. The summed E-state index contributed by atoms with van der Waals surface area (Å²) in [4.78, 5) is 0. The van der Waals surface area contributed by atoms with Crippen molar-refractivity contribution in [1.29, 1.82) is 0 Å². The average molecular weight is 387 g/mol. The number of hydrogen-bond acceptors (Lipinski definition) is 0. The van der Waals surface area contributed by atoms with Gasteiger partial charge in [-0.05, 0) is 97.6 Å². The van der Waals surface area contributed by atoms with Gasteiger partial charge in [-0.15, -0.1) is 6.58 Å². The normalized spacial score (nSPS) is 24.2. The summed E-state index contributed by atoms with van der Waals surface area (Å²) in [5, 5.41) is 0.564.